The summed E-state index contributed by atoms with van der Waals surface area (Å²) in [6.07, 6.45) is 0.799. The Morgan fingerprint density at radius 3 is 2.82 bits per heavy atom. The molecule has 2 atom stereocenters. The Morgan fingerprint density at radius 1 is 1.65 bits per heavy atom. The van der Waals surface area contributed by atoms with Crippen molar-refractivity contribution in [3.63, 3.8) is 0 Å². The number of hydrogen-bond donors (Lipinski definition) is 1. The van der Waals surface area contributed by atoms with E-state index in [9.17, 15) is 4.79 Å². The molecule has 5 nitrogen and oxygen atoms in total. The van der Waals surface area contributed by atoms with Gasteiger partial charge in [-0.25, -0.2) is 0 Å². The van der Waals surface area contributed by atoms with Crippen molar-refractivity contribution >= 4 is 5.97 Å². The molecule has 5 heteroatoms. The fraction of sp³-hybridized carbons (Fsp3) is 0.917. The molecule has 0 aromatic rings. The van der Waals surface area contributed by atoms with Crippen LogP contribution in [0.2, 0.25) is 0 Å². The van der Waals surface area contributed by atoms with Crippen molar-refractivity contribution in [2.24, 2.45) is 0 Å². The van der Waals surface area contributed by atoms with Gasteiger partial charge in [0.25, 0.3) is 0 Å². The molecule has 1 aliphatic rings. The number of carboxylic acids is 1. The van der Waals surface area contributed by atoms with Crippen LogP contribution in [0.5, 0.6) is 0 Å². The quantitative estimate of drug-likeness (QED) is 0.782. The summed E-state index contributed by atoms with van der Waals surface area (Å²) in [5.41, 5.74) is -0.235. The molecule has 2 unspecified atom stereocenters. The average molecular weight is 245 g/mol. The Morgan fingerprint density at radius 2 is 2.29 bits per heavy atom. The van der Waals surface area contributed by atoms with Crippen LogP contribution in [0.4, 0.5) is 0 Å². The highest BCUT2D eigenvalue weighted by Gasteiger charge is 2.34. The van der Waals surface area contributed by atoms with Gasteiger partial charge in [-0.3, -0.25) is 9.69 Å². The molecule has 1 N–H and O–H groups in total. The van der Waals surface area contributed by atoms with E-state index in [1.54, 1.807) is 7.11 Å². The van der Waals surface area contributed by atoms with Crippen molar-refractivity contribution < 1.29 is 19.4 Å². The third-order valence-electron chi connectivity index (χ3n) is 3.36. The Labute approximate surface area is 103 Å². The Bertz CT molecular complexity index is 267. The van der Waals surface area contributed by atoms with Gasteiger partial charge in [0.2, 0.25) is 0 Å². The highest BCUT2D eigenvalue weighted by molar-refractivity contribution is 5.73. The van der Waals surface area contributed by atoms with Crippen molar-refractivity contribution in [3.8, 4) is 0 Å². The topological polar surface area (TPSA) is 59.0 Å². The molecule has 0 aliphatic carbocycles. The fourth-order valence-electron chi connectivity index (χ4n) is 2.27. The van der Waals surface area contributed by atoms with E-state index in [0.717, 1.165) is 6.42 Å². The number of carboxylic acid groups (broad SMARTS) is 1. The predicted molar refractivity (Wildman–Crippen MR) is 64.1 cm³/mol. The second-order valence-electron chi connectivity index (χ2n) is 5.18. The maximum atomic E-state index is 11.2. The van der Waals surface area contributed by atoms with Gasteiger partial charge in [-0.05, 0) is 27.2 Å². The van der Waals surface area contributed by atoms with Crippen LogP contribution in [0.25, 0.3) is 0 Å². The summed E-state index contributed by atoms with van der Waals surface area (Å²) >= 11 is 0. The highest BCUT2D eigenvalue weighted by atomic mass is 16.5. The maximum Gasteiger partial charge on any atom is 0.323 e. The minimum absolute atomic E-state index is 0.162. The zero-order valence-corrected chi connectivity index (χ0v) is 11.1. The number of ether oxygens (including phenoxy) is 2. The number of carbonyl (C=O) groups is 1. The van der Waals surface area contributed by atoms with Gasteiger partial charge in [0.05, 0.1) is 18.8 Å². The molecule has 100 valence electrons. The molecule has 0 aromatic carbocycles. The first-order valence-electron chi connectivity index (χ1n) is 5.99. The predicted octanol–water partition coefficient (Wildman–Crippen LogP) is 0.975. The number of methoxy groups -OCH3 is 1. The van der Waals surface area contributed by atoms with Crippen LogP contribution >= 0.6 is 0 Å². The summed E-state index contributed by atoms with van der Waals surface area (Å²) in [4.78, 5) is 13.1. The van der Waals surface area contributed by atoms with E-state index >= 15 is 0 Å². The van der Waals surface area contributed by atoms with Crippen LogP contribution in [0.1, 0.15) is 27.2 Å². The first-order valence-corrected chi connectivity index (χ1v) is 5.99. The first kappa shape index (κ1) is 14.4. The minimum atomic E-state index is -0.813. The van der Waals surface area contributed by atoms with Gasteiger partial charge in [-0.15, -0.1) is 0 Å². The standard InChI is InChI=1S/C12H23NO4/c1-9(7-12(2,3)16-4)13-5-6-17-8-10(13)11(14)15/h9-10H,5-8H2,1-4H3,(H,14,15). The van der Waals surface area contributed by atoms with Crippen LogP contribution < -0.4 is 0 Å². The lowest BCUT2D eigenvalue weighted by atomic mass is 9.97. The molecule has 1 rings (SSSR count). The molecule has 17 heavy (non-hydrogen) atoms. The third-order valence-corrected chi connectivity index (χ3v) is 3.36. The van der Waals surface area contributed by atoms with Gasteiger partial charge < -0.3 is 14.6 Å². The highest BCUT2D eigenvalue weighted by Crippen LogP contribution is 2.22. The summed E-state index contributed by atoms with van der Waals surface area (Å²) in [5.74, 6) is -0.813. The van der Waals surface area contributed by atoms with Gasteiger partial charge in [-0.1, -0.05) is 0 Å². The second kappa shape index (κ2) is 5.80. The summed E-state index contributed by atoms with van der Waals surface area (Å²) in [5, 5.41) is 9.16. The number of aliphatic carboxylic acids is 1. The molecule has 1 heterocycles. The number of rotatable bonds is 5. The zero-order valence-electron chi connectivity index (χ0n) is 11.1. The van der Waals surface area contributed by atoms with Crippen molar-refractivity contribution in [3.05, 3.63) is 0 Å². The maximum absolute atomic E-state index is 11.2. The Hall–Kier alpha value is -0.650. The lowest BCUT2D eigenvalue weighted by Crippen LogP contribution is -2.54. The van der Waals surface area contributed by atoms with Crippen LogP contribution in [0.15, 0.2) is 0 Å². The van der Waals surface area contributed by atoms with Gasteiger partial charge >= 0.3 is 5.97 Å². The molecule has 1 fully saturated rings. The van der Waals surface area contributed by atoms with Crippen LogP contribution in [-0.4, -0.2) is 60.5 Å². The van der Waals surface area contributed by atoms with E-state index in [1.165, 1.54) is 0 Å². The van der Waals surface area contributed by atoms with Crippen LogP contribution in [0.3, 0.4) is 0 Å². The lowest BCUT2D eigenvalue weighted by Gasteiger charge is -2.40. The van der Waals surface area contributed by atoms with Crippen LogP contribution in [-0.2, 0) is 14.3 Å². The zero-order chi connectivity index (χ0) is 13.1. The molecule has 0 amide bonds. The molecule has 0 radical (unpaired) electrons. The Kier molecular flexibility index (Phi) is 4.91. The van der Waals surface area contributed by atoms with E-state index in [1.807, 2.05) is 25.7 Å². The Balaban J connectivity index is 2.65. The monoisotopic (exact) mass is 245 g/mol. The second-order valence-corrected chi connectivity index (χ2v) is 5.18. The number of nitrogens with zero attached hydrogens (tertiary/aromatic N) is 1. The molecule has 1 aliphatic heterocycles. The molecule has 0 spiro atoms. The SMILES string of the molecule is COC(C)(C)CC(C)N1CCOCC1C(=O)O. The molecule has 1 saturated heterocycles. The van der Waals surface area contributed by atoms with E-state index in [2.05, 4.69) is 0 Å². The van der Waals surface area contributed by atoms with Crippen LogP contribution in [0, 0.1) is 0 Å². The number of morpholine rings is 1. The normalized spacial score (nSPS) is 24.6. The third kappa shape index (κ3) is 3.94. The summed E-state index contributed by atoms with van der Waals surface area (Å²) in [6, 6.07) is -0.374. The van der Waals surface area contributed by atoms with Crippen molar-refractivity contribution in [2.75, 3.05) is 26.9 Å². The van der Waals surface area contributed by atoms with E-state index in [4.69, 9.17) is 14.6 Å². The summed E-state index contributed by atoms with van der Waals surface area (Å²) < 4.78 is 10.6. The number of hydrogen-bond acceptors (Lipinski definition) is 4. The van der Waals surface area contributed by atoms with Crippen molar-refractivity contribution in [1.29, 1.82) is 0 Å². The minimum Gasteiger partial charge on any atom is -0.480 e. The largest absolute Gasteiger partial charge is 0.480 e. The lowest BCUT2D eigenvalue weighted by molar-refractivity contribution is -0.152. The molecule has 0 saturated carbocycles. The molecular formula is C12H23NO4. The van der Waals surface area contributed by atoms with Gasteiger partial charge in [0.1, 0.15) is 6.04 Å². The van der Waals surface area contributed by atoms with Gasteiger partial charge in [0.15, 0.2) is 0 Å². The molecular weight excluding hydrogens is 222 g/mol. The van der Waals surface area contributed by atoms with E-state index in [-0.39, 0.29) is 18.2 Å². The van der Waals surface area contributed by atoms with E-state index in [0.29, 0.717) is 13.2 Å². The average Bonchev–Trinajstić information content (AvgIpc) is 2.28. The van der Waals surface area contributed by atoms with Crippen molar-refractivity contribution in [2.45, 2.75) is 44.9 Å². The van der Waals surface area contributed by atoms with E-state index < -0.39 is 12.0 Å². The fourth-order valence-corrected chi connectivity index (χ4v) is 2.27. The van der Waals surface area contributed by atoms with Gasteiger partial charge in [-0.2, -0.15) is 0 Å². The van der Waals surface area contributed by atoms with Crippen molar-refractivity contribution in [1.82, 2.24) is 4.90 Å². The summed E-state index contributed by atoms with van der Waals surface area (Å²) in [6.45, 7) is 7.61. The van der Waals surface area contributed by atoms with Gasteiger partial charge in [0, 0.05) is 19.7 Å². The smallest absolute Gasteiger partial charge is 0.323 e. The first-order chi connectivity index (χ1) is 7.87. The summed E-state index contributed by atoms with van der Waals surface area (Å²) in [7, 11) is 1.68. The molecule has 0 aromatic heterocycles. The molecule has 0 bridgehead atoms.